The zero-order valence-corrected chi connectivity index (χ0v) is 17.8. The number of hydrogen-bond acceptors (Lipinski definition) is 0. The van der Waals surface area contributed by atoms with Crippen LogP contribution in [0, 0.1) is 11.8 Å². The van der Waals surface area contributed by atoms with Crippen molar-refractivity contribution in [2.75, 3.05) is 52.4 Å². The molecule has 2 aliphatic heterocycles. The predicted octanol–water partition coefficient (Wildman–Crippen LogP) is 5.35. The minimum absolute atomic E-state index is 0.950. The number of likely N-dealkylation sites (tertiary alicyclic amines) is 2. The summed E-state index contributed by atoms with van der Waals surface area (Å²) in [6, 6.07) is 0. The molecule has 0 atom stereocenters. The van der Waals surface area contributed by atoms with E-state index in [-0.39, 0.29) is 0 Å². The maximum absolute atomic E-state index is 3.97. The monoisotopic (exact) mass is 372 g/mol. The van der Waals surface area contributed by atoms with Crippen LogP contribution in [0.3, 0.4) is 0 Å². The highest BCUT2D eigenvalue weighted by atomic mass is 15.4. The van der Waals surface area contributed by atoms with Crippen LogP contribution in [-0.2, 0) is 0 Å². The van der Waals surface area contributed by atoms with Gasteiger partial charge >= 0.3 is 0 Å². The van der Waals surface area contributed by atoms with E-state index < -0.39 is 0 Å². The molecule has 2 nitrogen and oxygen atoms in total. The lowest BCUT2D eigenvalue weighted by atomic mass is 9.85. The van der Waals surface area contributed by atoms with Crippen molar-refractivity contribution in [3.8, 4) is 0 Å². The number of nitrogens with zero attached hydrogens (tertiary/aromatic N) is 2. The maximum Gasteiger partial charge on any atom is 0.0973 e. The van der Waals surface area contributed by atoms with Crippen LogP contribution in [0.4, 0.5) is 0 Å². The van der Waals surface area contributed by atoms with E-state index in [1.165, 1.54) is 80.1 Å². The van der Waals surface area contributed by atoms with Gasteiger partial charge in [0.15, 0.2) is 0 Å². The van der Waals surface area contributed by atoms with Gasteiger partial charge in [0.1, 0.15) is 0 Å². The lowest BCUT2D eigenvalue weighted by Gasteiger charge is -2.43. The second-order valence-electron chi connectivity index (χ2n) is 9.28. The molecule has 2 saturated heterocycles. The molecule has 2 heterocycles. The zero-order chi connectivity index (χ0) is 19.6. The van der Waals surface area contributed by atoms with Gasteiger partial charge in [-0.15, -0.1) is 0 Å². The van der Waals surface area contributed by atoms with Crippen LogP contribution in [0.1, 0.15) is 44.9 Å². The van der Waals surface area contributed by atoms with E-state index in [2.05, 4.69) is 50.6 Å². The van der Waals surface area contributed by atoms with E-state index in [4.69, 9.17) is 0 Å². The quantitative estimate of drug-likeness (QED) is 0.320. The summed E-state index contributed by atoms with van der Waals surface area (Å²) in [5.41, 5.74) is 0. The minimum atomic E-state index is 0.950. The van der Waals surface area contributed by atoms with Gasteiger partial charge in [-0.2, -0.15) is 0 Å². The van der Waals surface area contributed by atoms with Crippen molar-refractivity contribution in [2.24, 2.45) is 11.8 Å². The van der Waals surface area contributed by atoms with Gasteiger partial charge in [-0.05, 0) is 61.8 Å². The molecule has 2 rings (SSSR count). The normalized spacial score (nSPS) is 22.8. The average molecular weight is 373 g/mol. The molecular formula is C25H44N2+2. The molecular weight excluding hydrogens is 328 g/mol. The third-order valence-electron chi connectivity index (χ3n) is 7.34. The Hall–Kier alpha value is -1.12. The van der Waals surface area contributed by atoms with Crippen LogP contribution in [-0.4, -0.2) is 61.3 Å². The van der Waals surface area contributed by atoms with E-state index >= 15 is 0 Å². The number of quaternary nitrogens is 2. The average Bonchev–Trinajstić information content (AvgIpc) is 2.66. The molecule has 152 valence electrons. The third-order valence-corrected chi connectivity index (χ3v) is 7.34. The molecule has 0 aromatic carbocycles. The largest absolute Gasteiger partial charge is 0.317 e. The van der Waals surface area contributed by atoms with E-state index in [1.807, 2.05) is 0 Å². The molecule has 0 bridgehead atoms. The van der Waals surface area contributed by atoms with E-state index in [9.17, 15) is 0 Å². The molecule has 2 fully saturated rings. The van der Waals surface area contributed by atoms with Crippen molar-refractivity contribution >= 4 is 0 Å². The molecule has 0 unspecified atom stereocenters. The Labute approximate surface area is 169 Å². The summed E-state index contributed by atoms with van der Waals surface area (Å²) >= 11 is 0. The number of hydrogen-bond donors (Lipinski definition) is 0. The van der Waals surface area contributed by atoms with Crippen LogP contribution in [0.2, 0.25) is 0 Å². The van der Waals surface area contributed by atoms with Gasteiger partial charge < -0.3 is 8.97 Å². The SMILES string of the molecule is C=CC[N+]1(CC=C)CCC(CCCC2CC[N+](CC=C)(CC=C)CC2)CC1. The van der Waals surface area contributed by atoms with Gasteiger partial charge in [-0.1, -0.05) is 45.6 Å². The van der Waals surface area contributed by atoms with Gasteiger partial charge in [0, 0.05) is 0 Å². The Morgan fingerprint density at radius 2 is 0.852 bits per heavy atom. The Kier molecular flexibility index (Phi) is 9.05. The van der Waals surface area contributed by atoms with Crippen molar-refractivity contribution < 1.29 is 8.97 Å². The summed E-state index contributed by atoms with van der Waals surface area (Å²) in [6.07, 6.45) is 18.3. The first kappa shape index (κ1) is 22.2. The van der Waals surface area contributed by atoms with Crippen LogP contribution >= 0.6 is 0 Å². The Morgan fingerprint density at radius 3 is 1.11 bits per heavy atom. The second-order valence-corrected chi connectivity index (χ2v) is 9.28. The molecule has 0 saturated carbocycles. The molecule has 0 aromatic heterocycles. The highest BCUT2D eigenvalue weighted by molar-refractivity contribution is 4.78. The van der Waals surface area contributed by atoms with E-state index in [0.717, 1.165) is 38.0 Å². The standard InChI is InChI=1S/C25H44N2/c1-5-16-26(17-6-2)20-12-24(13-21-26)10-9-11-25-14-22-27(18-7-3,19-8-4)23-15-25/h5-8,24-25H,1-4,9-23H2/q+2. The summed E-state index contributed by atoms with van der Waals surface area (Å²) < 4.78 is 2.39. The fourth-order valence-electron chi connectivity index (χ4n) is 5.59. The summed E-state index contributed by atoms with van der Waals surface area (Å²) in [4.78, 5) is 0. The number of rotatable bonds is 12. The smallest absolute Gasteiger partial charge is 0.0973 e. The Balaban J connectivity index is 1.68. The van der Waals surface area contributed by atoms with Gasteiger partial charge in [0.25, 0.3) is 0 Å². The summed E-state index contributed by atoms with van der Waals surface area (Å²) in [5, 5.41) is 0. The van der Waals surface area contributed by atoms with E-state index in [0.29, 0.717) is 0 Å². The van der Waals surface area contributed by atoms with Crippen molar-refractivity contribution in [1.29, 1.82) is 0 Å². The maximum atomic E-state index is 3.97. The summed E-state index contributed by atoms with van der Waals surface area (Å²) in [7, 11) is 0. The highest BCUT2D eigenvalue weighted by Gasteiger charge is 2.33. The first-order valence-corrected chi connectivity index (χ1v) is 11.2. The first-order valence-electron chi connectivity index (χ1n) is 11.2. The molecule has 2 aliphatic rings. The zero-order valence-electron chi connectivity index (χ0n) is 17.8. The molecule has 27 heavy (non-hydrogen) atoms. The van der Waals surface area contributed by atoms with Crippen LogP contribution in [0.25, 0.3) is 0 Å². The van der Waals surface area contributed by atoms with Crippen molar-refractivity contribution in [3.05, 3.63) is 50.6 Å². The van der Waals surface area contributed by atoms with Crippen molar-refractivity contribution in [1.82, 2.24) is 0 Å². The number of piperidine rings is 2. The molecule has 0 aromatic rings. The highest BCUT2D eigenvalue weighted by Crippen LogP contribution is 2.31. The van der Waals surface area contributed by atoms with Gasteiger partial charge in [-0.25, -0.2) is 0 Å². The van der Waals surface area contributed by atoms with Crippen molar-refractivity contribution in [2.45, 2.75) is 44.9 Å². The van der Waals surface area contributed by atoms with E-state index in [1.54, 1.807) is 0 Å². The van der Waals surface area contributed by atoms with Crippen LogP contribution in [0.15, 0.2) is 50.6 Å². The lowest BCUT2D eigenvalue weighted by Crippen LogP contribution is -2.53. The molecule has 2 heteroatoms. The van der Waals surface area contributed by atoms with Gasteiger partial charge in [-0.3, -0.25) is 0 Å². The summed E-state index contributed by atoms with van der Waals surface area (Å²) in [5.74, 6) is 1.90. The molecule has 0 N–H and O–H groups in total. The molecule has 0 spiro atoms. The van der Waals surface area contributed by atoms with Crippen LogP contribution in [0.5, 0.6) is 0 Å². The topological polar surface area (TPSA) is 0 Å². The van der Waals surface area contributed by atoms with Gasteiger partial charge in [0.2, 0.25) is 0 Å². The fourth-order valence-corrected chi connectivity index (χ4v) is 5.59. The Morgan fingerprint density at radius 1 is 0.556 bits per heavy atom. The predicted molar refractivity (Wildman–Crippen MR) is 120 cm³/mol. The van der Waals surface area contributed by atoms with Crippen LogP contribution < -0.4 is 0 Å². The van der Waals surface area contributed by atoms with Gasteiger partial charge in [0.05, 0.1) is 52.4 Å². The molecule has 0 radical (unpaired) electrons. The Bertz CT molecular complexity index is 409. The lowest BCUT2D eigenvalue weighted by molar-refractivity contribution is -0.923. The second kappa shape index (κ2) is 11.0. The molecule has 0 aliphatic carbocycles. The molecule has 0 amide bonds. The minimum Gasteiger partial charge on any atom is -0.317 e. The van der Waals surface area contributed by atoms with Crippen molar-refractivity contribution in [3.63, 3.8) is 0 Å². The fraction of sp³-hybridized carbons (Fsp3) is 0.680. The summed E-state index contributed by atoms with van der Waals surface area (Å²) in [6.45, 7) is 25.6. The first-order chi connectivity index (χ1) is 13.1. The third kappa shape index (κ3) is 6.47.